The van der Waals surface area contributed by atoms with Crippen LogP contribution in [0.2, 0.25) is 0 Å². The van der Waals surface area contributed by atoms with Gasteiger partial charge in [0.05, 0.1) is 22.4 Å². The molecule has 0 N–H and O–H groups in total. The zero-order valence-electron chi connectivity index (χ0n) is 36.2. The van der Waals surface area contributed by atoms with E-state index in [9.17, 15) is 0 Å². The molecule has 0 fully saturated rings. The molecule has 312 valence electrons. The Hall–Kier alpha value is -8.21. The van der Waals surface area contributed by atoms with E-state index in [1.165, 1.54) is 48.7 Å². The van der Waals surface area contributed by atoms with Gasteiger partial charge in [0.1, 0.15) is 16.7 Å². The van der Waals surface area contributed by atoms with Gasteiger partial charge in [-0.3, -0.25) is 4.99 Å². The van der Waals surface area contributed by atoms with Gasteiger partial charge in [-0.15, -0.1) is 0 Å². The number of nitrogens with zero attached hydrogens (tertiary/aromatic N) is 2. The van der Waals surface area contributed by atoms with Crippen molar-refractivity contribution < 1.29 is 8.83 Å². The van der Waals surface area contributed by atoms with Gasteiger partial charge in [-0.25, -0.2) is 0 Å². The lowest BCUT2D eigenvalue weighted by molar-refractivity contribution is 0.613. The second-order valence-corrected chi connectivity index (χ2v) is 18.0. The summed E-state index contributed by atoms with van der Waals surface area (Å²) in [6.45, 7) is 0. The van der Waals surface area contributed by atoms with Crippen LogP contribution in [0.3, 0.4) is 0 Å². The average Bonchev–Trinajstić information content (AvgIpc) is 4.06. The van der Waals surface area contributed by atoms with Gasteiger partial charge in [0.15, 0.2) is 5.58 Å². The Morgan fingerprint density at radius 3 is 2.00 bits per heavy atom. The molecule has 0 aliphatic carbocycles. The number of aromatic nitrogens is 1. The van der Waals surface area contributed by atoms with E-state index in [1.807, 2.05) is 12.1 Å². The normalized spacial score (nSPS) is 15.1. The zero-order chi connectivity index (χ0) is 43.3. The van der Waals surface area contributed by atoms with Crippen LogP contribution >= 0.6 is 0 Å². The third-order valence-electron chi connectivity index (χ3n) is 14.3. The van der Waals surface area contributed by atoms with Crippen LogP contribution in [0.5, 0.6) is 0 Å². The monoisotopic (exact) mass is 846 g/mol. The van der Waals surface area contributed by atoms with E-state index in [1.54, 1.807) is 0 Å². The standard InChI is InChI=1S/C62H42N2O2/c1-2-16-42-36-56-51(35-41(42)15-1)60-46-20-6-4-14-40(46)29-33-54(60)64(56)55-34-31-49(61-50-22-8-10-26-58(50)66-62(55)61)53-24-12-18-39(45-23-11-17-38-13-3-5-19-44(38)45)28-32-52(63-53)43-27-30-48-47-21-7-9-25-57(47)65-59(48)37-43/h1-11,13-17,19-23,25-27,29-37,39H,12,18,24,28H2. The highest BCUT2D eigenvalue weighted by Crippen LogP contribution is 2.44. The number of benzene rings is 10. The lowest BCUT2D eigenvalue weighted by Crippen LogP contribution is -2.05. The summed E-state index contributed by atoms with van der Waals surface area (Å²) in [5, 5.41) is 14.4. The van der Waals surface area contributed by atoms with E-state index in [0.29, 0.717) is 5.92 Å². The minimum Gasteiger partial charge on any atom is -0.456 e. The highest BCUT2D eigenvalue weighted by molar-refractivity contribution is 6.25. The molecule has 0 radical (unpaired) electrons. The second-order valence-electron chi connectivity index (χ2n) is 18.0. The number of furan rings is 2. The molecule has 0 bridgehead atoms. The van der Waals surface area contributed by atoms with Crippen LogP contribution < -0.4 is 0 Å². The summed E-state index contributed by atoms with van der Waals surface area (Å²) >= 11 is 0. The Kier molecular flexibility index (Phi) is 8.26. The van der Waals surface area contributed by atoms with E-state index >= 15 is 0 Å². The van der Waals surface area contributed by atoms with Gasteiger partial charge in [-0.2, -0.15) is 0 Å². The molecule has 14 rings (SSSR count). The van der Waals surface area contributed by atoms with E-state index in [0.717, 1.165) is 109 Å². The Morgan fingerprint density at radius 2 is 1.15 bits per heavy atom. The van der Waals surface area contributed by atoms with Crippen molar-refractivity contribution in [2.75, 3.05) is 0 Å². The fourth-order valence-corrected chi connectivity index (χ4v) is 11.2. The third-order valence-corrected chi connectivity index (χ3v) is 14.3. The molecule has 0 amide bonds. The minimum absolute atomic E-state index is 0.329. The number of hydrogen-bond acceptors (Lipinski definition) is 3. The van der Waals surface area contributed by atoms with Crippen LogP contribution in [-0.2, 0) is 0 Å². The molecule has 66 heavy (non-hydrogen) atoms. The van der Waals surface area contributed by atoms with Gasteiger partial charge in [0.2, 0.25) is 0 Å². The molecule has 0 saturated heterocycles. The van der Waals surface area contributed by atoms with Crippen molar-refractivity contribution in [2.45, 2.75) is 31.6 Å². The number of rotatable bonds is 4. The maximum Gasteiger partial charge on any atom is 0.160 e. The smallest absolute Gasteiger partial charge is 0.160 e. The zero-order valence-corrected chi connectivity index (χ0v) is 36.2. The number of hydrogen-bond donors (Lipinski definition) is 0. The first-order valence-electron chi connectivity index (χ1n) is 23.2. The average molecular weight is 847 g/mol. The van der Waals surface area contributed by atoms with Crippen LogP contribution in [0.1, 0.15) is 48.3 Å². The molecule has 1 aliphatic rings. The van der Waals surface area contributed by atoms with Crippen molar-refractivity contribution in [3.05, 3.63) is 217 Å². The molecule has 0 saturated carbocycles. The number of fused-ring (bicyclic) bond motifs is 13. The van der Waals surface area contributed by atoms with Crippen molar-refractivity contribution in [1.82, 2.24) is 4.57 Å². The predicted molar refractivity (Wildman–Crippen MR) is 276 cm³/mol. The SMILES string of the molecule is C1=C(c2ccc3c(c2)oc2ccccc23)N=C(c2ccc(-n3c4cc5ccccc5cc4c4c5ccccc5ccc43)c3oc4ccccc4c23)CCCC(c2cccc3ccccc23)C1. The third kappa shape index (κ3) is 5.74. The summed E-state index contributed by atoms with van der Waals surface area (Å²) in [7, 11) is 0. The lowest BCUT2D eigenvalue weighted by Gasteiger charge is -2.18. The molecule has 1 atom stereocenters. The fourth-order valence-electron chi connectivity index (χ4n) is 11.2. The lowest BCUT2D eigenvalue weighted by atomic mass is 9.86. The summed E-state index contributed by atoms with van der Waals surface area (Å²) in [5.74, 6) is 0.329. The summed E-state index contributed by atoms with van der Waals surface area (Å²) in [5.41, 5.74) is 12.4. The Bertz CT molecular complexity index is 4190. The largest absolute Gasteiger partial charge is 0.456 e. The predicted octanol–water partition coefficient (Wildman–Crippen LogP) is 17.2. The molecule has 13 aromatic rings. The first kappa shape index (κ1) is 37.2. The highest BCUT2D eigenvalue weighted by atomic mass is 16.3. The quantitative estimate of drug-likeness (QED) is 0.177. The first-order valence-corrected chi connectivity index (χ1v) is 23.2. The summed E-state index contributed by atoms with van der Waals surface area (Å²) in [6, 6.07) is 70.3. The van der Waals surface area contributed by atoms with Gasteiger partial charge in [0.25, 0.3) is 0 Å². The van der Waals surface area contributed by atoms with Gasteiger partial charge in [-0.1, -0.05) is 152 Å². The van der Waals surface area contributed by atoms with Gasteiger partial charge in [0, 0.05) is 49.2 Å². The van der Waals surface area contributed by atoms with Gasteiger partial charge in [-0.05, 0) is 118 Å². The van der Waals surface area contributed by atoms with Gasteiger partial charge >= 0.3 is 0 Å². The Labute approximate surface area is 380 Å². The molecule has 4 heteroatoms. The summed E-state index contributed by atoms with van der Waals surface area (Å²) in [6.07, 6.45) is 6.09. The topological polar surface area (TPSA) is 43.6 Å². The van der Waals surface area contributed by atoms with Crippen molar-refractivity contribution in [3.63, 3.8) is 0 Å². The van der Waals surface area contributed by atoms with Crippen molar-refractivity contribution in [1.29, 1.82) is 0 Å². The van der Waals surface area contributed by atoms with Gasteiger partial charge < -0.3 is 13.4 Å². The van der Waals surface area contributed by atoms with Crippen molar-refractivity contribution in [2.24, 2.45) is 4.99 Å². The highest BCUT2D eigenvalue weighted by Gasteiger charge is 2.25. The fraction of sp³-hybridized carbons (Fsp3) is 0.0806. The molecular formula is C62H42N2O2. The molecule has 0 spiro atoms. The summed E-state index contributed by atoms with van der Waals surface area (Å²) < 4.78 is 16.0. The summed E-state index contributed by atoms with van der Waals surface area (Å²) in [4.78, 5) is 5.77. The molecule has 3 aromatic heterocycles. The molecule has 1 aliphatic heterocycles. The molecule has 4 nitrogen and oxygen atoms in total. The van der Waals surface area contributed by atoms with E-state index in [4.69, 9.17) is 13.8 Å². The number of aliphatic imine (C=N–C) groups is 1. The molecule has 1 unspecified atom stereocenters. The Balaban J connectivity index is 0.994. The molecular weight excluding hydrogens is 805 g/mol. The Morgan fingerprint density at radius 1 is 0.470 bits per heavy atom. The molecule has 4 heterocycles. The van der Waals surface area contributed by atoms with Crippen molar-refractivity contribution in [3.8, 4) is 5.69 Å². The maximum atomic E-state index is 7.09. The van der Waals surface area contributed by atoms with Crippen LogP contribution in [0.15, 0.2) is 214 Å². The van der Waals surface area contributed by atoms with Crippen molar-refractivity contribution >= 4 is 109 Å². The van der Waals surface area contributed by atoms with Crippen LogP contribution in [0.4, 0.5) is 0 Å². The van der Waals surface area contributed by atoms with E-state index in [-0.39, 0.29) is 0 Å². The maximum absolute atomic E-state index is 7.09. The van der Waals surface area contributed by atoms with Crippen LogP contribution in [0.25, 0.3) is 109 Å². The first-order chi connectivity index (χ1) is 32.7. The minimum atomic E-state index is 0.329. The van der Waals surface area contributed by atoms with Crippen LogP contribution in [0, 0.1) is 0 Å². The number of para-hydroxylation sites is 2. The van der Waals surface area contributed by atoms with E-state index < -0.39 is 0 Å². The number of allylic oxidation sites excluding steroid dienone is 1. The van der Waals surface area contributed by atoms with E-state index in [2.05, 4.69) is 193 Å². The van der Waals surface area contributed by atoms with Crippen LogP contribution in [-0.4, -0.2) is 10.3 Å². The molecule has 10 aromatic carbocycles. The second kappa shape index (κ2) is 14.7.